The Labute approximate surface area is 66.9 Å². The minimum atomic E-state index is -0.630. The van der Waals surface area contributed by atoms with Gasteiger partial charge in [-0.05, 0) is 25.2 Å². The van der Waals surface area contributed by atoms with Crippen molar-refractivity contribution in [1.82, 2.24) is 0 Å². The van der Waals surface area contributed by atoms with E-state index >= 15 is 0 Å². The third-order valence-corrected chi connectivity index (χ3v) is 2.45. The quantitative estimate of drug-likeness (QED) is 0.632. The fourth-order valence-electron chi connectivity index (χ4n) is 1.86. The smallest absolute Gasteiger partial charge is 0.306 e. The average molecular weight is 154 g/mol. The number of carboxylic acid groups (broad SMARTS) is 1. The highest BCUT2D eigenvalue weighted by molar-refractivity contribution is 5.70. The molecule has 0 radical (unpaired) electrons. The maximum atomic E-state index is 10.7. The molecule has 1 rings (SSSR count). The van der Waals surface area contributed by atoms with E-state index in [0.717, 1.165) is 25.7 Å². The predicted octanol–water partition coefficient (Wildman–Crippen LogP) is 2.06. The fraction of sp³-hybridized carbons (Fsp3) is 0.667. The lowest BCUT2D eigenvalue weighted by molar-refractivity contribution is -0.142. The Morgan fingerprint density at radius 1 is 1.64 bits per heavy atom. The molecule has 0 aromatic heterocycles. The monoisotopic (exact) mass is 154 g/mol. The van der Waals surface area contributed by atoms with Crippen molar-refractivity contribution in [1.29, 1.82) is 0 Å². The first-order chi connectivity index (χ1) is 5.25. The molecular formula is C9H14O2. The van der Waals surface area contributed by atoms with E-state index in [0.29, 0.717) is 5.92 Å². The molecule has 1 saturated carbocycles. The van der Waals surface area contributed by atoms with Gasteiger partial charge in [0.05, 0.1) is 5.92 Å². The van der Waals surface area contributed by atoms with Crippen LogP contribution >= 0.6 is 0 Å². The molecule has 11 heavy (non-hydrogen) atoms. The van der Waals surface area contributed by atoms with Crippen LogP contribution in [0.5, 0.6) is 0 Å². The van der Waals surface area contributed by atoms with Crippen LogP contribution < -0.4 is 0 Å². The summed E-state index contributed by atoms with van der Waals surface area (Å²) >= 11 is 0. The Bertz CT molecular complexity index is 163. The van der Waals surface area contributed by atoms with E-state index in [4.69, 9.17) is 5.11 Å². The molecule has 1 fully saturated rings. The normalized spacial score (nSPS) is 30.2. The first-order valence-electron chi connectivity index (χ1n) is 4.09. The van der Waals surface area contributed by atoms with Gasteiger partial charge < -0.3 is 5.11 Å². The molecule has 0 saturated heterocycles. The van der Waals surface area contributed by atoms with Crippen LogP contribution in [0.4, 0.5) is 0 Å². The van der Waals surface area contributed by atoms with Crippen molar-refractivity contribution in [2.24, 2.45) is 11.8 Å². The topological polar surface area (TPSA) is 37.3 Å². The summed E-state index contributed by atoms with van der Waals surface area (Å²) in [5, 5.41) is 8.78. The fourth-order valence-corrected chi connectivity index (χ4v) is 1.86. The van der Waals surface area contributed by atoms with Crippen molar-refractivity contribution in [3.05, 3.63) is 12.7 Å². The average Bonchev–Trinajstić information content (AvgIpc) is 2.36. The predicted molar refractivity (Wildman–Crippen MR) is 43.3 cm³/mol. The Balaban J connectivity index is 2.50. The standard InChI is InChI=1S/C9H14O2/c1-2-4-7-5-3-6-8(7)9(10)11/h2,7-8H,1,3-6H2,(H,10,11)/t7-,8-/m1/s1. The van der Waals surface area contributed by atoms with E-state index in [1.165, 1.54) is 0 Å². The van der Waals surface area contributed by atoms with Crippen LogP contribution in [0, 0.1) is 11.8 Å². The Hall–Kier alpha value is -0.790. The second-order valence-electron chi connectivity index (χ2n) is 3.16. The van der Waals surface area contributed by atoms with Crippen molar-refractivity contribution in [2.45, 2.75) is 25.7 Å². The van der Waals surface area contributed by atoms with E-state index in [1.807, 2.05) is 6.08 Å². The summed E-state index contributed by atoms with van der Waals surface area (Å²) in [5.74, 6) is -0.382. The van der Waals surface area contributed by atoms with E-state index in [9.17, 15) is 4.79 Å². The van der Waals surface area contributed by atoms with Crippen molar-refractivity contribution >= 4 is 5.97 Å². The molecule has 2 nitrogen and oxygen atoms in total. The molecule has 1 aliphatic carbocycles. The molecule has 0 aromatic carbocycles. The van der Waals surface area contributed by atoms with Gasteiger partial charge in [-0.1, -0.05) is 12.5 Å². The van der Waals surface area contributed by atoms with Crippen LogP contribution in [-0.4, -0.2) is 11.1 Å². The first kappa shape index (κ1) is 8.31. The zero-order valence-corrected chi connectivity index (χ0v) is 6.62. The molecule has 0 bridgehead atoms. The zero-order chi connectivity index (χ0) is 8.27. The molecule has 2 heteroatoms. The van der Waals surface area contributed by atoms with Gasteiger partial charge in [-0.25, -0.2) is 0 Å². The zero-order valence-electron chi connectivity index (χ0n) is 6.62. The summed E-state index contributed by atoms with van der Waals surface area (Å²) < 4.78 is 0. The van der Waals surface area contributed by atoms with Crippen LogP contribution in [0.25, 0.3) is 0 Å². The minimum Gasteiger partial charge on any atom is -0.481 e. The summed E-state index contributed by atoms with van der Waals surface area (Å²) in [6.45, 7) is 3.63. The van der Waals surface area contributed by atoms with Gasteiger partial charge in [0.2, 0.25) is 0 Å². The third-order valence-electron chi connectivity index (χ3n) is 2.45. The molecule has 0 amide bonds. The van der Waals surface area contributed by atoms with E-state index in [-0.39, 0.29) is 5.92 Å². The minimum absolute atomic E-state index is 0.104. The van der Waals surface area contributed by atoms with Gasteiger partial charge in [-0.15, -0.1) is 6.58 Å². The molecular weight excluding hydrogens is 140 g/mol. The Morgan fingerprint density at radius 2 is 2.36 bits per heavy atom. The van der Waals surface area contributed by atoms with Gasteiger partial charge in [0.15, 0.2) is 0 Å². The maximum absolute atomic E-state index is 10.7. The molecule has 0 spiro atoms. The molecule has 0 heterocycles. The van der Waals surface area contributed by atoms with E-state index in [1.54, 1.807) is 0 Å². The summed E-state index contributed by atoms with van der Waals surface area (Å²) in [5.41, 5.74) is 0. The van der Waals surface area contributed by atoms with E-state index in [2.05, 4.69) is 6.58 Å². The molecule has 1 N–H and O–H groups in total. The number of hydrogen-bond acceptors (Lipinski definition) is 1. The summed E-state index contributed by atoms with van der Waals surface area (Å²) in [6, 6.07) is 0. The molecule has 1 aliphatic rings. The van der Waals surface area contributed by atoms with Crippen LogP contribution in [0.3, 0.4) is 0 Å². The molecule has 0 aliphatic heterocycles. The number of carbonyl (C=O) groups is 1. The van der Waals surface area contributed by atoms with Crippen molar-refractivity contribution in [2.75, 3.05) is 0 Å². The highest BCUT2D eigenvalue weighted by Crippen LogP contribution is 2.34. The summed E-state index contributed by atoms with van der Waals surface area (Å²) in [4.78, 5) is 10.7. The van der Waals surface area contributed by atoms with Gasteiger partial charge in [-0.3, -0.25) is 4.79 Å². The number of hydrogen-bond donors (Lipinski definition) is 1. The largest absolute Gasteiger partial charge is 0.481 e. The highest BCUT2D eigenvalue weighted by atomic mass is 16.4. The lowest BCUT2D eigenvalue weighted by atomic mass is 9.93. The van der Waals surface area contributed by atoms with Crippen LogP contribution in [0.15, 0.2) is 12.7 Å². The van der Waals surface area contributed by atoms with Crippen LogP contribution in [0.1, 0.15) is 25.7 Å². The van der Waals surface area contributed by atoms with Crippen molar-refractivity contribution in [3.63, 3.8) is 0 Å². The molecule has 0 aromatic rings. The van der Waals surface area contributed by atoms with Crippen molar-refractivity contribution < 1.29 is 9.90 Å². The lowest BCUT2D eigenvalue weighted by Crippen LogP contribution is -2.17. The molecule has 0 unspecified atom stereocenters. The SMILES string of the molecule is C=CC[C@@H]1CCC[C@H]1C(=O)O. The first-order valence-corrected chi connectivity index (χ1v) is 4.09. The van der Waals surface area contributed by atoms with Gasteiger partial charge in [0.25, 0.3) is 0 Å². The van der Waals surface area contributed by atoms with Gasteiger partial charge in [0, 0.05) is 0 Å². The number of aliphatic carboxylic acids is 1. The number of rotatable bonds is 3. The number of carboxylic acids is 1. The summed E-state index contributed by atoms with van der Waals surface area (Å²) in [7, 11) is 0. The summed E-state index contributed by atoms with van der Waals surface area (Å²) in [6.07, 6.45) is 5.66. The van der Waals surface area contributed by atoms with E-state index < -0.39 is 5.97 Å². The van der Waals surface area contributed by atoms with Gasteiger partial charge in [-0.2, -0.15) is 0 Å². The van der Waals surface area contributed by atoms with Crippen LogP contribution in [-0.2, 0) is 4.79 Å². The number of allylic oxidation sites excluding steroid dienone is 1. The second-order valence-corrected chi connectivity index (χ2v) is 3.16. The van der Waals surface area contributed by atoms with Gasteiger partial charge >= 0.3 is 5.97 Å². The highest BCUT2D eigenvalue weighted by Gasteiger charge is 2.31. The van der Waals surface area contributed by atoms with Crippen molar-refractivity contribution in [3.8, 4) is 0 Å². The second kappa shape index (κ2) is 3.56. The Kier molecular flexibility index (Phi) is 2.69. The maximum Gasteiger partial charge on any atom is 0.306 e. The van der Waals surface area contributed by atoms with Crippen LogP contribution in [0.2, 0.25) is 0 Å². The molecule has 2 atom stereocenters. The third kappa shape index (κ3) is 1.82. The lowest BCUT2D eigenvalue weighted by Gasteiger charge is -2.12. The molecule has 62 valence electrons. The Morgan fingerprint density at radius 3 is 2.91 bits per heavy atom. The van der Waals surface area contributed by atoms with Gasteiger partial charge in [0.1, 0.15) is 0 Å².